The Balaban J connectivity index is 1.58. The Morgan fingerprint density at radius 1 is 0.977 bits per heavy atom. The molecule has 0 atom stereocenters. The summed E-state index contributed by atoms with van der Waals surface area (Å²) in [5, 5.41) is 5.30. The van der Waals surface area contributed by atoms with Gasteiger partial charge < -0.3 is 19.9 Å². The van der Waals surface area contributed by atoms with E-state index in [1.54, 1.807) is 13.8 Å². The van der Waals surface area contributed by atoms with Gasteiger partial charge in [-0.25, -0.2) is 18.0 Å². The van der Waals surface area contributed by atoms with Gasteiger partial charge in [-0.15, -0.1) is 11.3 Å². The van der Waals surface area contributed by atoms with Crippen LogP contribution in [0.15, 0.2) is 59.5 Å². The van der Waals surface area contributed by atoms with Crippen molar-refractivity contribution in [3.8, 4) is 0 Å². The molecule has 0 fully saturated rings. The number of ether oxygens (including phenoxy) is 1. The Morgan fingerprint density at radius 2 is 1.66 bits per heavy atom. The van der Waals surface area contributed by atoms with Crippen molar-refractivity contribution in [2.45, 2.75) is 38.3 Å². The second-order valence-corrected chi connectivity index (χ2v) is 13.2. The van der Waals surface area contributed by atoms with E-state index in [1.165, 1.54) is 52.5 Å². The van der Waals surface area contributed by atoms with Crippen molar-refractivity contribution >= 4 is 50.3 Å². The summed E-state index contributed by atoms with van der Waals surface area (Å²) in [6.45, 7) is 4.64. The first kappa shape index (κ1) is 32.6. The lowest BCUT2D eigenvalue weighted by Gasteiger charge is -2.26. The summed E-state index contributed by atoms with van der Waals surface area (Å²) in [5.41, 5.74) is 1.81. The maximum atomic E-state index is 13.3. The molecule has 0 aliphatic carbocycles. The summed E-state index contributed by atoms with van der Waals surface area (Å²) < 4.78 is 33.1. The number of carbonyl (C=O) groups excluding carboxylic acids is 4. The summed E-state index contributed by atoms with van der Waals surface area (Å²) >= 11 is 1.13. The summed E-state index contributed by atoms with van der Waals surface area (Å²) in [4.78, 5) is 54.6. The Labute approximate surface area is 260 Å². The zero-order valence-electron chi connectivity index (χ0n) is 25.0. The lowest BCUT2D eigenvalue weighted by Crippen LogP contribution is -2.40. The predicted molar refractivity (Wildman–Crippen MR) is 166 cm³/mol. The molecule has 1 aliphatic rings. The Morgan fingerprint density at radius 3 is 2.27 bits per heavy atom. The fourth-order valence-electron chi connectivity index (χ4n) is 4.63. The predicted octanol–water partition coefficient (Wildman–Crippen LogP) is 4.14. The van der Waals surface area contributed by atoms with Gasteiger partial charge in [0, 0.05) is 44.2 Å². The average molecular weight is 642 g/mol. The zero-order valence-corrected chi connectivity index (χ0v) is 26.6. The number of thiophene rings is 1. The molecule has 0 spiro atoms. The monoisotopic (exact) mass is 641 g/mol. The molecule has 14 heteroatoms. The Hall–Kier alpha value is -4.27. The van der Waals surface area contributed by atoms with Gasteiger partial charge in [0.2, 0.25) is 10.0 Å². The number of fused-ring (bicyclic) bond motifs is 1. The van der Waals surface area contributed by atoms with E-state index in [0.29, 0.717) is 23.4 Å². The van der Waals surface area contributed by atoms with Gasteiger partial charge >= 0.3 is 12.1 Å². The quantitative estimate of drug-likeness (QED) is 0.357. The van der Waals surface area contributed by atoms with Crippen molar-refractivity contribution < 1.29 is 32.3 Å². The smallest absolute Gasteiger partial charge is 0.410 e. The van der Waals surface area contributed by atoms with E-state index in [-0.39, 0.29) is 47.3 Å². The van der Waals surface area contributed by atoms with E-state index in [0.717, 1.165) is 16.9 Å². The van der Waals surface area contributed by atoms with Crippen molar-refractivity contribution in [1.29, 1.82) is 0 Å². The lowest BCUT2D eigenvalue weighted by molar-refractivity contribution is 0.0955. The highest BCUT2D eigenvalue weighted by Gasteiger charge is 2.32. The van der Waals surface area contributed by atoms with Gasteiger partial charge in [-0.2, -0.15) is 4.31 Å². The van der Waals surface area contributed by atoms with Crippen molar-refractivity contribution in [2.24, 2.45) is 0 Å². The van der Waals surface area contributed by atoms with Crippen LogP contribution in [-0.2, 0) is 34.3 Å². The van der Waals surface area contributed by atoms with E-state index >= 15 is 0 Å². The van der Waals surface area contributed by atoms with Gasteiger partial charge in [0.1, 0.15) is 5.00 Å². The third kappa shape index (κ3) is 7.26. The van der Waals surface area contributed by atoms with E-state index < -0.39 is 34.0 Å². The SMILES string of the molecule is CCOC(=O)N1CCc2c(sc(NC(=O)c3ccc(S(=O)(=O)N(CC)Cc4ccccc4)cc3)c2C(=O)NC(=O)N(C)C)C1. The summed E-state index contributed by atoms with van der Waals surface area (Å²) in [6.07, 6.45) is -0.158. The molecule has 0 saturated carbocycles. The normalized spacial score (nSPS) is 12.8. The molecule has 0 saturated heterocycles. The molecule has 2 N–H and O–H groups in total. The van der Waals surface area contributed by atoms with Gasteiger partial charge in [-0.3, -0.25) is 14.9 Å². The first-order chi connectivity index (χ1) is 21.0. The summed E-state index contributed by atoms with van der Waals surface area (Å²) in [7, 11) is -0.840. The van der Waals surface area contributed by atoms with Crippen LogP contribution in [0, 0.1) is 0 Å². The van der Waals surface area contributed by atoms with Crippen LogP contribution in [0.3, 0.4) is 0 Å². The minimum absolute atomic E-state index is 0.0414. The number of urea groups is 1. The van der Waals surface area contributed by atoms with Gasteiger partial charge in [0.15, 0.2) is 0 Å². The number of sulfonamides is 1. The maximum Gasteiger partial charge on any atom is 0.410 e. The topological polar surface area (TPSA) is 145 Å². The van der Waals surface area contributed by atoms with Gasteiger partial charge in [0.25, 0.3) is 11.8 Å². The molecule has 3 aromatic rings. The third-order valence-electron chi connectivity index (χ3n) is 6.97. The Bertz CT molecular complexity index is 1640. The first-order valence-corrected chi connectivity index (χ1v) is 16.3. The molecule has 2 aromatic carbocycles. The minimum atomic E-state index is -3.83. The number of benzene rings is 2. The highest BCUT2D eigenvalue weighted by atomic mass is 32.2. The second-order valence-electron chi connectivity index (χ2n) is 10.1. The zero-order chi connectivity index (χ0) is 32.0. The molecule has 2 heterocycles. The molecule has 234 valence electrons. The fraction of sp³-hybridized carbons (Fsp3) is 0.333. The Kier molecular flexibility index (Phi) is 10.4. The number of rotatable bonds is 9. The van der Waals surface area contributed by atoms with Crippen molar-refractivity contribution in [1.82, 2.24) is 19.4 Å². The summed E-state index contributed by atoms with van der Waals surface area (Å²) in [6, 6.07) is 14.2. The molecule has 0 unspecified atom stereocenters. The van der Waals surface area contributed by atoms with Crippen LogP contribution in [-0.4, -0.2) is 80.3 Å². The number of carbonyl (C=O) groups is 4. The van der Waals surface area contributed by atoms with Gasteiger partial charge in [0.05, 0.1) is 23.6 Å². The molecular weight excluding hydrogens is 606 g/mol. The van der Waals surface area contributed by atoms with E-state index in [2.05, 4.69) is 10.6 Å². The molecule has 5 amide bonds. The second kappa shape index (κ2) is 14.0. The first-order valence-electron chi connectivity index (χ1n) is 14.0. The number of anilines is 1. The number of hydrogen-bond donors (Lipinski definition) is 2. The van der Waals surface area contributed by atoms with E-state index in [4.69, 9.17) is 4.74 Å². The van der Waals surface area contributed by atoms with Crippen molar-refractivity contribution in [3.05, 3.63) is 81.7 Å². The van der Waals surface area contributed by atoms with Gasteiger partial charge in [-0.05, 0) is 48.7 Å². The molecule has 0 radical (unpaired) electrons. The van der Waals surface area contributed by atoms with Crippen LogP contribution >= 0.6 is 11.3 Å². The maximum absolute atomic E-state index is 13.3. The van der Waals surface area contributed by atoms with E-state index in [1.807, 2.05) is 30.3 Å². The third-order valence-corrected chi connectivity index (χ3v) is 10.0. The van der Waals surface area contributed by atoms with Crippen molar-refractivity contribution in [3.63, 3.8) is 0 Å². The highest BCUT2D eigenvalue weighted by Crippen LogP contribution is 2.37. The van der Waals surface area contributed by atoms with Crippen molar-refractivity contribution in [2.75, 3.05) is 39.1 Å². The molecule has 4 rings (SSSR count). The van der Waals surface area contributed by atoms with Crippen LogP contribution in [0.2, 0.25) is 0 Å². The molecule has 0 bridgehead atoms. The minimum Gasteiger partial charge on any atom is -0.450 e. The number of nitrogens with one attached hydrogen (secondary N) is 2. The van der Waals surface area contributed by atoms with Gasteiger partial charge in [-0.1, -0.05) is 37.3 Å². The average Bonchev–Trinajstić information content (AvgIpc) is 3.37. The standard InChI is InChI=1S/C30H35N5O7S2/c1-5-35(18-20-10-8-7-9-11-20)44(40,41)22-14-12-21(13-15-22)26(36)31-28-25(27(37)32-29(38)33(3)4)23-16-17-34(19-24(23)43-28)30(39)42-6-2/h7-15H,5-6,16-19H2,1-4H3,(H,31,36)(H,32,37,38). The molecule has 1 aliphatic heterocycles. The molecule has 12 nitrogen and oxygen atoms in total. The highest BCUT2D eigenvalue weighted by molar-refractivity contribution is 7.89. The van der Waals surface area contributed by atoms with Crippen LogP contribution < -0.4 is 10.6 Å². The number of nitrogens with zero attached hydrogens (tertiary/aromatic N) is 3. The molecule has 44 heavy (non-hydrogen) atoms. The fourth-order valence-corrected chi connectivity index (χ4v) is 7.32. The molecular formula is C30H35N5O7S2. The van der Waals surface area contributed by atoms with Crippen LogP contribution in [0.4, 0.5) is 14.6 Å². The van der Waals surface area contributed by atoms with E-state index in [9.17, 15) is 27.6 Å². The lowest BCUT2D eigenvalue weighted by atomic mass is 10.0. The molecule has 1 aromatic heterocycles. The van der Waals surface area contributed by atoms with Crippen LogP contribution in [0.25, 0.3) is 0 Å². The van der Waals surface area contributed by atoms with Crippen LogP contribution in [0.1, 0.15) is 50.6 Å². The number of amides is 5. The van der Waals surface area contributed by atoms with Crippen LogP contribution in [0.5, 0.6) is 0 Å². The summed E-state index contributed by atoms with van der Waals surface area (Å²) in [5.74, 6) is -1.25. The number of hydrogen-bond acceptors (Lipinski definition) is 8. The number of imide groups is 1. The largest absolute Gasteiger partial charge is 0.450 e.